The second-order valence-electron chi connectivity index (χ2n) is 6.07. The van der Waals surface area contributed by atoms with E-state index in [9.17, 15) is 0 Å². The standard InChI is InChI=1S/3C5H11N.BO3/c3*1-2-4-6-5-3-1;2-1(3)4/h3*6H,1-5H2;/q;;;-3/p+3. The summed E-state index contributed by atoms with van der Waals surface area (Å²) in [4.78, 5) is 0. The van der Waals surface area contributed by atoms with Crippen molar-refractivity contribution in [3.05, 3.63) is 0 Å². The molecule has 132 valence electrons. The van der Waals surface area contributed by atoms with Crippen LogP contribution in [0.3, 0.4) is 0 Å². The fourth-order valence-electron chi connectivity index (χ4n) is 2.70. The Morgan fingerprint density at radius 1 is 0.409 bits per heavy atom. The van der Waals surface area contributed by atoms with Crippen molar-refractivity contribution in [2.75, 3.05) is 39.3 Å². The van der Waals surface area contributed by atoms with Gasteiger partial charge in [0.2, 0.25) is 0 Å². The number of hydrogen-bond donors (Lipinski definition) is 3. The van der Waals surface area contributed by atoms with Crippen LogP contribution >= 0.6 is 0 Å². The monoisotopic (exact) mass is 317 g/mol. The van der Waals surface area contributed by atoms with Gasteiger partial charge in [-0.2, -0.15) is 0 Å². The smallest absolute Gasteiger partial charge is 0.0755 e. The molecule has 0 aromatic heterocycles. The van der Waals surface area contributed by atoms with Gasteiger partial charge in [-0.25, -0.2) is 0 Å². The summed E-state index contributed by atoms with van der Waals surface area (Å²) in [7, 11) is -2.92. The van der Waals surface area contributed by atoms with Crippen LogP contribution in [0.1, 0.15) is 57.8 Å². The molecule has 0 unspecified atom stereocenters. The lowest BCUT2D eigenvalue weighted by Gasteiger charge is -2.35. The Kier molecular flexibility index (Phi) is 18.7. The largest absolute Gasteiger partial charge is 0.907 e. The molecule has 3 aliphatic rings. The quantitative estimate of drug-likeness (QED) is 0.389. The van der Waals surface area contributed by atoms with Crippen LogP contribution in [0.5, 0.6) is 0 Å². The van der Waals surface area contributed by atoms with Crippen molar-refractivity contribution in [2.24, 2.45) is 0 Å². The van der Waals surface area contributed by atoms with Crippen LogP contribution in [0, 0.1) is 0 Å². The summed E-state index contributed by atoms with van der Waals surface area (Å²) < 4.78 is 0. The van der Waals surface area contributed by atoms with E-state index in [1.165, 1.54) is 97.1 Å². The van der Waals surface area contributed by atoms with E-state index in [0.29, 0.717) is 0 Å². The molecule has 3 fully saturated rings. The molecule has 0 radical (unpaired) electrons. The first-order chi connectivity index (χ1) is 10.7. The average Bonchev–Trinajstić information content (AvgIpc) is 2.60. The van der Waals surface area contributed by atoms with E-state index >= 15 is 0 Å². The predicted octanol–water partition coefficient (Wildman–Crippen LogP) is -4.75. The van der Waals surface area contributed by atoms with E-state index in [4.69, 9.17) is 15.1 Å². The van der Waals surface area contributed by atoms with Gasteiger partial charge >= 0.3 is 0 Å². The van der Waals surface area contributed by atoms with Crippen LogP contribution in [-0.2, 0) is 0 Å². The first kappa shape index (κ1) is 21.8. The highest BCUT2D eigenvalue weighted by Gasteiger charge is 1.98. The minimum atomic E-state index is -2.92. The fourth-order valence-corrected chi connectivity index (χ4v) is 2.70. The molecule has 0 aromatic rings. The summed E-state index contributed by atoms with van der Waals surface area (Å²) in [6.45, 7) is 8.25. The molecular weight excluding hydrogens is 281 g/mol. The van der Waals surface area contributed by atoms with Crippen molar-refractivity contribution < 1.29 is 31.0 Å². The minimum Gasteiger partial charge on any atom is -0.907 e. The lowest BCUT2D eigenvalue weighted by molar-refractivity contribution is -0.662. The molecule has 7 heteroatoms. The summed E-state index contributed by atoms with van der Waals surface area (Å²) in [5, 5.41) is 32.4. The molecule has 3 heterocycles. The van der Waals surface area contributed by atoms with Gasteiger partial charge in [0, 0.05) is 0 Å². The second kappa shape index (κ2) is 18.9. The topological polar surface area (TPSA) is 119 Å². The molecule has 0 spiro atoms. The van der Waals surface area contributed by atoms with Crippen LogP contribution < -0.4 is 31.0 Å². The van der Waals surface area contributed by atoms with Crippen LogP contribution in [-0.4, -0.2) is 46.6 Å². The van der Waals surface area contributed by atoms with Gasteiger partial charge in [-0.15, -0.1) is 0 Å². The number of rotatable bonds is 0. The molecule has 6 nitrogen and oxygen atoms in total. The molecule has 0 saturated carbocycles. The van der Waals surface area contributed by atoms with Crippen LogP contribution in [0.4, 0.5) is 0 Å². The Morgan fingerprint density at radius 2 is 0.591 bits per heavy atom. The van der Waals surface area contributed by atoms with Crippen molar-refractivity contribution in [3.8, 4) is 0 Å². The number of nitrogens with two attached hydrogens (primary N) is 3. The Labute approximate surface area is 136 Å². The molecular formula is C15H36BN3O3. The van der Waals surface area contributed by atoms with Crippen LogP contribution in [0.15, 0.2) is 0 Å². The zero-order valence-electron chi connectivity index (χ0n) is 14.1. The summed E-state index contributed by atoms with van der Waals surface area (Å²) in [6.07, 6.45) is 13.1. The van der Waals surface area contributed by atoms with Gasteiger partial charge in [0.05, 0.1) is 39.3 Å². The highest BCUT2D eigenvalue weighted by molar-refractivity contribution is 6.24. The van der Waals surface area contributed by atoms with E-state index in [2.05, 4.69) is 16.0 Å². The van der Waals surface area contributed by atoms with Gasteiger partial charge in [0.15, 0.2) is 0 Å². The van der Waals surface area contributed by atoms with Gasteiger partial charge in [-0.3, -0.25) is 7.32 Å². The molecule has 6 N–H and O–H groups in total. The lowest BCUT2D eigenvalue weighted by Crippen LogP contribution is -2.85. The lowest BCUT2D eigenvalue weighted by atomic mass is 10.2. The summed E-state index contributed by atoms with van der Waals surface area (Å²) in [5.41, 5.74) is 0. The van der Waals surface area contributed by atoms with Crippen LogP contribution in [0.25, 0.3) is 0 Å². The Bertz CT molecular complexity index is 135. The molecule has 0 amide bonds. The SMILES string of the molecule is C1CC[NH2+]CC1.C1CC[NH2+]CC1.C1CC[NH2+]CC1.[O-]B([O-])[O-]. The van der Waals surface area contributed by atoms with Gasteiger partial charge in [-0.1, -0.05) is 0 Å². The normalized spacial score (nSPS) is 20.9. The van der Waals surface area contributed by atoms with Crippen molar-refractivity contribution in [1.82, 2.24) is 0 Å². The van der Waals surface area contributed by atoms with E-state index in [1.807, 2.05) is 0 Å². The molecule has 0 aliphatic carbocycles. The van der Waals surface area contributed by atoms with Gasteiger partial charge in [-0.05, 0) is 57.8 Å². The molecule has 22 heavy (non-hydrogen) atoms. The maximum Gasteiger partial charge on any atom is 0.0755 e. The number of piperidine rings is 3. The third-order valence-electron chi connectivity index (χ3n) is 3.95. The van der Waals surface area contributed by atoms with E-state index < -0.39 is 7.32 Å². The number of hydrogen-bond acceptors (Lipinski definition) is 3. The Balaban J connectivity index is 0.000000271. The van der Waals surface area contributed by atoms with Gasteiger partial charge in [0.25, 0.3) is 0 Å². The average molecular weight is 317 g/mol. The maximum atomic E-state index is 8.42. The fraction of sp³-hybridized carbons (Fsp3) is 1.00. The van der Waals surface area contributed by atoms with E-state index in [1.54, 1.807) is 0 Å². The molecule has 3 rings (SSSR count). The van der Waals surface area contributed by atoms with Crippen molar-refractivity contribution in [1.29, 1.82) is 0 Å². The molecule has 0 atom stereocenters. The third kappa shape index (κ3) is 22.1. The summed E-state index contributed by atoms with van der Waals surface area (Å²) in [6, 6.07) is 0. The summed E-state index contributed by atoms with van der Waals surface area (Å²) >= 11 is 0. The van der Waals surface area contributed by atoms with Crippen molar-refractivity contribution >= 4 is 7.32 Å². The van der Waals surface area contributed by atoms with E-state index in [0.717, 1.165) is 0 Å². The Hall–Kier alpha value is -0.175. The van der Waals surface area contributed by atoms with E-state index in [-0.39, 0.29) is 0 Å². The van der Waals surface area contributed by atoms with Crippen molar-refractivity contribution in [2.45, 2.75) is 57.8 Å². The van der Waals surface area contributed by atoms with Crippen molar-refractivity contribution in [3.63, 3.8) is 0 Å². The predicted molar refractivity (Wildman–Crippen MR) is 82.3 cm³/mol. The summed E-state index contributed by atoms with van der Waals surface area (Å²) in [5.74, 6) is 0. The maximum absolute atomic E-state index is 8.42. The molecule has 3 aliphatic heterocycles. The molecule has 3 saturated heterocycles. The third-order valence-corrected chi connectivity index (χ3v) is 3.95. The molecule has 0 bridgehead atoms. The zero-order chi connectivity index (χ0) is 16.3. The first-order valence-corrected chi connectivity index (χ1v) is 9.16. The van der Waals surface area contributed by atoms with Gasteiger partial charge in [0.1, 0.15) is 0 Å². The minimum absolute atomic E-state index is 1.38. The Morgan fingerprint density at radius 3 is 0.636 bits per heavy atom. The van der Waals surface area contributed by atoms with Crippen LogP contribution in [0.2, 0.25) is 0 Å². The highest BCUT2D eigenvalue weighted by Crippen LogP contribution is 1.92. The van der Waals surface area contributed by atoms with Gasteiger partial charge < -0.3 is 31.0 Å². The molecule has 0 aromatic carbocycles. The highest BCUT2D eigenvalue weighted by atomic mass is 16.5. The first-order valence-electron chi connectivity index (χ1n) is 9.16. The zero-order valence-corrected chi connectivity index (χ0v) is 14.1. The number of quaternary nitrogens is 3. The second-order valence-corrected chi connectivity index (χ2v) is 6.07.